The molecule has 0 saturated heterocycles. The Morgan fingerprint density at radius 1 is 1.27 bits per heavy atom. The SMILES string of the molecule is COc1ccc(Cc2cc(C(C)=O)nc3c2=CCCC=3)cn1. The van der Waals surface area contributed by atoms with Gasteiger partial charge in [-0.2, -0.15) is 0 Å². The quantitative estimate of drug-likeness (QED) is 0.804. The van der Waals surface area contributed by atoms with Crippen molar-refractivity contribution in [3.05, 3.63) is 51.8 Å². The molecule has 4 heteroatoms. The minimum atomic E-state index is -0.00382. The van der Waals surface area contributed by atoms with E-state index in [2.05, 4.69) is 22.1 Å². The van der Waals surface area contributed by atoms with Crippen LogP contribution in [0.3, 0.4) is 0 Å². The molecule has 0 atom stereocenters. The summed E-state index contributed by atoms with van der Waals surface area (Å²) in [7, 11) is 1.60. The van der Waals surface area contributed by atoms with Crippen LogP contribution in [0.1, 0.15) is 41.4 Å². The lowest BCUT2D eigenvalue weighted by Gasteiger charge is -2.09. The maximum Gasteiger partial charge on any atom is 0.212 e. The molecule has 0 amide bonds. The van der Waals surface area contributed by atoms with Gasteiger partial charge >= 0.3 is 0 Å². The van der Waals surface area contributed by atoms with Crippen molar-refractivity contribution < 1.29 is 9.53 Å². The average Bonchev–Trinajstić information content (AvgIpc) is 2.55. The Kier molecular flexibility index (Phi) is 4.00. The molecule has 3 rings (SSSR count). The fourth-order valence-electron chi connectivity index (χ4n) is 2.65. The van der Waals surface area contributed by atoms with Crippen molar-refractivity contribution in [2.75, 3.05) is 7.11 Å². The molecule has 2 aromatic heterocycles. The Labute approximate surface area is 129 Å². The summed E-state index contributed by atoms with van der Waals surface area (Å²) in [6, 6.07) is 5.75. The van der Waals surface area contributed by atoms with Crippen LogP contribution in [-0.4, -0.2) is 22.9 Å². The van der Waals surface area contributed by atoms with Crippen LogP contribution >= 0.6 is 0 Å². The summed E-state index contributed by atoms with van der Waals surface area (Å²) in [5, 5.41) is 2.07. The van der Waals surface area contributed by atoms with Crippen molar-refractivity contribution in [1.82, 2.24) is 9.97 Å². The molecule has 0 radical (unpaired) electrons. The van der Waals surface area contributed by atoms with E-state index in [0.29, 0.717) is 11.6 Å². The minimum Gasteiger partial charge on any atom is -0.481 e. The van der Waals surface area contributed by atoms with Gasteiger partial charge in [0.1, 0.15) is 5.69 Å². The molecule has 0 aromatic carbocycles. The summed E-state index contributed by atoms with van der Waals surface area (Å²) < 4.78 is 5.08. The van der Waals surface area contributed by atoms with Crippen LogP contribution in [-0.2, 0) is 6.42 Å². The molecule has 2 heterocycles. The molecule has 0 spiro atoms. The highest BCUT2D eigenvalue weighted by molar-refractivity contribution is 5.92. The largest absolute Gasteiger partial charge is 0.481 e. The van der Waals surface area contributed by atoms with Gasteiger partial charge in [-0.1, -0.05) is 18.2 Å². The first kappa shape index (κ1) is 14.4. The Bertz CT molecular complexity index is 823. The second-order valence-electron chi connectivity index (χ2n) is 5.39. The van der Waals surface area contributed by atoms with Crippen LogP contribution in [0.15, 0.2) is 24.4 Å². The van der Waals surface area contributed by atoms with Crippen molar-refractivity contribution in [2.24, 2.45) is 0 Å². The maximum atomic E-state index is 11.7. The van der Waals surface area contributed by atoms with Gasteiger partial charge in [-0.05, 0) is 41.7 Å². The highest BCUT2D eigenvalue weighted by atomic mass is 16.5. The van der Waals surface area contributed by atoms with E-state index in [0.717, 1.165) is 41.0 Å². The van der Waals surface area contributed by atoms with Gasteiger partial charge in [0.05, 0.1) is 12.5 Å². The Morgan fingerprint density at radius 2 is 2.09 bits per heavy atom. The first-order valence-corrected chi connectivity index (χ1v) is 7.37. The molecular weight excluding hydrogens is 276 g/mol. The van der Waals surface area contributed by atoms with E-state index in [1.165, 1.54) is 0 Å². The van der Waals surface area contributed by atoms with Crippen LogP contribution in [0.4, 0.5) is 0 Å². The first-order valence-electron chi connectivity index (χ1n) is 7.37. The zero-order valence-corrected chi connectivity index (χ0v) is 12.8. The highest BCUT2D eigenvalue weighted by Crippen LogP contribution is 2.11. The Morgan fingerprint density at radius 3 is 2.77 bits per heavy atom. The van der Waals surface area contributed by atoms with E-state index < -0.39 is 0 Å². The van der Waals surface area contributed by atoms with E-state index >= 15 is 0 Å². The van der Waals surface area contributed by atoms with Gasteiger partial charge in [0.25, 0.3) is 0 Å². The summed E-state index contributed by atoms with van der Waals surface area (Å²) >= 11 is 0. The lowest BCUT2D eigenvalue weighted by atomic mass is 10.00. The topological polar surface area (TPSA) is 52.1 Å². The third-order valence-electron chi connectivity index (χ3n) is 3.79. The van der Waals surface area contributed by atoms with E-state index in [1.54, 1.807) is 14.0 Å². The zero-order chi connectivity index (χ0) is 15.5. The van der Waals surface area contributed by atoms with Crippen LogP contribution in [0, 0.1) is 0 Å². The fourth-order valence-corrected chi connectivity index (χ4v) is 2.65. The highest BCUT2D eigenvalue weighted by Gasteiger charge is 2.09. The zero-order valence-electron chi connectivity index (χ0n) is 12.8. The van der Waals surface area contributed by atoms with E-state index in [-0.39, 0.29) is 5.78 Å². The standard InChI is InChI=1S/C18H18N2O2/c1-12(21)17-10-14(15-5-3-4-6-16(15)20-17)9-13-7-8-18(22-2)19-11-13/h5-8,10-11H,3-4,9H2,1-2H3. The van der Waals surface area contributed by atoms with Crippen molar-refractivity contribution in [1.29, 1.82) is 0 Å². The van der Waals surface area contributed by atoms with Gasteiger partial charge in [0, 0.05) is 19.2 Å². The van der Waals surface area contributed by atoms with Crippen LogP contribution < -0.4 is 15.3 Å². The smallest absolute Gasteiger partial charge is 0.212 e. The normalized spacial score (nSPS) is 12.8. The van der Waals surface area contributed by atoms with Crippen molar-refractivity contribution in [3.63, 3.8) is 0 Å². The number of methoxy groups -OCH3 is 1. The number of hydrogen-bond donors (Lipinski definition) is 0. The molecular formula is C18H18N2O2. The summed E-state index contributed by atoms with van der Waals surface area (Å²) in [6.45, 7) is 1.56. The molecule has 2 aromatic rings. The van der Waals surface area contributed by atoms with Crippen LogP contribution in [0.25, 0.3) is 12.2 Å². The van der Waals surface area contributed by atoms with E-state index in [9.17, 15) is 4.79 Å². The van der Waals surface area contributed by atoms with Gasteiger partial charge < -0.3 is 4.74 Å². The third-order valence-corrected chi connectivity index (χ3v) is 3.79. The molecule has 0 fully saturated rings. The average molecular weight is 294 g/mol. The number of ketones is 1. The molecule has 4 nitrogen and oxygen atoms in total. The summed E-state index contributed by atoms with van der Waals surface area (Å²) in [5.74, 6) is 0.598. The number of nitrogens with zero attached hydrogens (tertiary/aromatic N) is 2. The number of pyridine rings is 2. The van der Waals surface area contributed by atoms with Crippen molar-refractivity contribution >= 4 is 17.9 Å². The van der Waals surface area contributed by atoms with Gasteiger partial charge in [-0.15, -0.1) is 0 Å². The summed E-state index contributed by atoms with van der Waals surface area (Å²) in [5.41, 5.74) is 2.74. The first-order chi connectivity index (χ1) is 10.7. The van der Waals surface area contributed by atoms with Crippen molar-refractivity contribution in [3.8, 4) is 5.88 Å². The molecule has 112 valence electrons. The lowest BCUT2D eigenvalue weighted by molar-refractivity contribution is 0.101. The van der Waals surface area contributed by atoms with Gasteiger partial charge in [-0.25, -0.2) is 9.97 Å². The second kappa shape index (κ2) is 6.10. The lowest BCUT2D eigenvalue weighted by Crippen LogP contribution is -2.35. The molecule has 22 heavy (non-hydrogen) atoms. The number of rotatable bonds is 4. The number of carbonyl (C=O) groups excluding carboxylic acids is 1. The molecule has 1 aliphatic rings. The Balaban J connectivity index is 2.05. The van der Waals surface area contributed by atoms with Gasteiger partial charge in [0.2, 0.25) is 5.88 Å². The second-order valence-corrected chi connectivity index (χ2v) is 5.39. The Hall–Kier alpha value is -2.49. The van der Waals surface area contributed by atoms with Gasteiger partial charge in [0.15, 0.2) is 5.78 Å². The maximum absolute atomic E-state index is 11.7. The van der Waals surface area contributed by atoms with Crippen LogP contribution in [0.2, 0.25) is 0 Å². The fraction of sp³-hybridized carbons (Fsp3) is 0.278. The molecule has 0 unspecified atom stereocenters. The number of ether oxygens (including phenoxy) is 1. The monoisotopic (exact) mass is 294 g/mol. The molecule has 0 N–H and O–H groups in total. The number of aromatic nitrogens is 2. The third kappa shape index (κ3) is 2.91. The predicted molar refractivity (Wildman–Crippen MR) is 85.3 cm³/mol. The number of carbonyl (C=O) groups is 1. The summed E-state index contributed by atoms with van der Waals surface area (Å²) in [4.78, 5) is 20.4. The number of hydrogen-bond acceptors (Lipinski definition) is 4. The summed E-state index contributed by atoms with van der Waals surface area (Å²) in [6.07, 6.45) is 8.85. The number of Topliss-reactive ketones (excluding diaryl/α,β-unsaturated/α-hetero) is 1. The molecule has 0 bridgehead atoms. The van der Waals surface area contributed by atoms with Crippen molar-refractivity contribution in [2.45, 2.75) is 26.2 Å². The predicted octanol–water partition coefficient (Wildman–Crippen LogP) is 1.63. The molecule has 1 aliphatic carbocycles. The minimum absolute atomic E-state index is 0.00382. The molecule has 0 aliphatic heterocycles. The molecule has 0 saturated carbocycles. The van der Waals surface area contributed by atoms with E-state index in [4.69, 9.17) is 4.74 Å². The number of fused-ring (bicyclic) bond motifs is 1. The van der Waals surface area contributed by atoms with Gasteiger partial charge in [-0.3, -0.25) is 4.79 Å². The van der Waals surface area contributed by atoms with Crippen LogP contribution in [0.5, 0.6) is 5.88 Å². The van der Waals surface area contributed by atoms with E-state index in [1.807, 2.05) is 24.4 Å².